The minimum absolute atomic E-state index is 0.324. The second-order valence-electron chi connectivity index (χ2n) is 5.71. The molecule has 8 heteroatoms. The summed E-state index contributed by atoms with van der Waals surface area (Å²) < 4.78 is 41.2. The van der Waals surface area contributed by atoms with Gasteiger partial charge in [0.25, 0.3) is 0 Å². The molecule has 7 nitrogen and oxygen atoms in total. The van der Waals surface area contributed by atoms with Gasteiger partial charge in [-0.25, -0.2) is 8.42 Å². The van der Waals surface area contributed by atoms with Crippen LogP contribution >= 0.6 is 0 Å². The Kier molecular flexibility index (Phi) is 6.92. The highest BCUT2D eigenvalue weighted by Crippen LogP contribution is 2.08. The standard InChI is InChI=1S/C11H23NO6S/c1-9(2)11(13)18-10(6-7-12(3,4)5)8-17-19(14,15)16/h9-10H,6-8H2,1-5H3. The van der Waals surface area contributed by atoms with Gasteiger partial charge in [-0.05, 0) is 0 Å². The van der Waals surface area contributed by atoms with Crippen molar-refractivity contribution in [2.24, 2.45) is 5.92 Å². The number of esters is 1. The van der Waals surface area contributed by atoms with E-state index in [4.69, 9.17) is 4.74 Å². The summed E-state index contributed by atoms with van der Waals surface area (Å²) >= 11 is 0. The molecule has 0 aromatic rings. The molecule has 114 valence electrons. The summed E-state index contributed by atoms with van der Waals surface area (Å²) in [7, 11) is 1.08. The van der Waals surface area contributed by atoms with Crippen LogP contribution in [0.5, 0.6) is 0 Å². The van der Waals surface area contributed by atoms with Gasteiger partial charge in [0.2, 0.25) is 10.4 Å². The first kappa shape index (κ1) is 18.3. The number of quaternary nitrogens is 1. The Hall–Kier alpha value is -0.700. The lowest BCUT2D eigenvalue weighted by molar-refractivity contribution is -0.870. The molecule has 0 heterocycles. The van der Waals surface area contributed by atoms with Crippen LogP contribution in [-0.4, -0.2) is 63.8 Å². The molecular formula is C11H23NO6S. The molecule has 0 bridgehead atoms. The maximum Gasteiger partial charge on any atom is 0.308 e. The number of ether oxygens (including phenoxy) is 1. The summed E-state index contributed by atoms with van der Waals surface area (Å²) in [6.07, 6.45) is -0.326. The maximum atomic E-state index is 11.5. The third-order valence-corrected chi connectivity index (χ3v) is 2.70. The van der Waals surface area contributed by atoms with E-state index >= 15 is 0 Å². The van der Waals surface area contributed by atoms with Gasteiger partial charge in [-0.1, -0.05) is 13.8 Å². The fourth-order valence-electron chi connectivity index (χ4n) is 1.17. The van der Waals surface area contributed by atoms with Gasteiger partial charge in [0, 0.05) is 6.42 Å². The van der Waals surface area contributed by atoms with Gasteiger partial charge in [-0.15, -0.1) is 0 Å². The van der Waals surface area contributed by atoms with E-state index < -0.39 is 29.1 Å². The zero-order chi connectivity index (χ0) is 15.3. The van der Waals surface area contributed by atoms with Crippen molar-refractivity contribution in [2.45, 2.75) is 26.4 Å². The van der Waals surface area contributed by atoms with Crippen LogP contribution in [0.2, 0.25) is 0 Å². The topological polar surface area (TPSA) is 92.7 Å². The summed E-state index contributed by atoms with van der Waals surface area (Å²) in [6.45, 7) is 3.55. The zero-order valence-electron chi connectivity index (χ0n) is 12.1. The number of hydrogen-bond acceptors (Lipinski definition) is 6. The van der Waals surface area contributed by atoms with Gasteiger partial charge in [-0.2, -0.15) is 0 Å². The van der Waals surface area contributed by atoms with Crippen molar-refractivity contribution in [3.63, 3.8) is 0 Å². The van der Waals surface area contributed by atoms with Crippen LogP contribution in [0, 0.1) is 5.92 Å². The Morgan fingerprint density at radius 3 is 2.16 bits per heavy atom. The third kappa shape index (κ3) is 10.9. The van der Waals surface area contributed by atoms with Crippen molar-refractivity contribution in [3.8, 4) is 0 Å². The van der Waals surface area contributed by atoms with Crippen molar-refractivity contribution in [1.82, 2.24) is 0 Å². The molecule has 0 aromatic carbocycles. The van der Waals surface area contributed by atoms with Crippen LogP contribution in [-0.2, 0) is 24.1 Å². The minimum atomic E-state index is -4.78. The van der Waals surface area contributed by atoms with Crippen LogP contribution in [0.4, 0.5) is 0 Å². The first-order valence-corrected chi connectivity index (χ1v) is 7.35. The number of hydrogen-bond donors (Lipinski definition) is 0. The quantitative estimate of drug-likeness (QED) is 0.273. The minimum Gasteiger partial charge on any atom is -0.726 e. The van der Waals surface area contributed by atoms with E-state index in [0.717, 1.165) is 0 Å². The van der Waals surface area contributed by atoms with Crippen molar-refractivity contribution >= 4 is 16.4 Å². The van der Waals surface area contributed by atoms with E-state index in [1.165, 1.54) is 0 Å². The summed E-state index contributed by atoms with van der Waals surface area (Å²) in [5.74, 6) is -0.770. The predicted molar refractivity (Wildman–Crippen MR) is 67.9 cm³/mol. The van der Waals surface area contributed by atoms with Gasteiger partial charge >= 0.3 is 5.97 Å². The molecule has 0 amide bonds. The number of carbonyl (C=O) groups excluding carboxylic acids is 1. The molecule has 0 aliphatic rings. The van der Waals surface area contributed by atoms with E-state index in [1.54, 1.807) is 13.8 Å². The molecule has 0 radical (unpaired) electrons. The smallest absolute Gasteiger partial charge is 0.308 e. The lowest BCUT2D eigenvalue weighted by Gasteiger charge is -2.27. The largest absolute Gasteiger partial charge is 0.726 e. The Morgan fingerprint density at radius 1 is 1.26 bits per heavy atom. The first-order valence-electron chi connectivity index (χ1n) is 6.02. The molecule has 0 aromatic heterocycles. The van der Waals surface area contributed by atoms with E-state index in [0.29, 0.717) is 17.4 Å². The van der Waals surface area contributed by atoms with Crippen LogP contribution in [0.3, 0.4) is 0 Å². The summed E-state index contributed by atoms with van der Waals surface area (Å²) in [5, 5.41) is 0. The highest BCUT2D eigenvalue weighted by atomic mass is 32.3. The van der Waals surface area contributed by atoms with E-state index in [-0.39, 0.29) is 5.92 Å². The summed E-state index contributed by atoms with van der Waals surface area (Å²) in [5.41, 5.74) is 0. The van der Waals surface area contributed by atoms with Crippen LogP contribution in [0.25, 0.3) is 0 Å². The van der Waals surface area contributed by atoms with Gasteiger partial charge in [0.05, 0.1) is 33.6 Å². The highest BCUT2D eigenvalue weighted by Gasteiger charge is 2.21. The Morgan fingerprint density at radius 2 is 1.79 bits per heavy atom. The van der Waals surface area contributed by atoms with Crippen LogP contribution in [0.15, 0.2) is 0 Å². The van der Waals surface area contributed by atoms with E-state index in [9.17, 15) is 17.8 Å². The monoisotopic (exact) mass is 297 g/mol. The Balaban J connectivity index is 4.51. The number of rotatable bonds is 8. The molecule has 1 unspecified atom stereocenters. The van der Waals surface area contributed by atoms with Gasteiger partial charge in [0.15, 0.2) is 0 Å². The van der Waals surface area contributed by atoms with Crippen molar-refractivity contribution < 1.29 is 31.2 Å². The average Bonchev–Trinajstić information content (AvgIpc) is 2.19. The molecule has 19 heavy (non-hydrogen) atoms. The molecule has 0 spiro atoms. The summed E-state index contributed by atoms with van der Waals surface area (Å²) in [4.78, 5) is 11.5. The molecule has 0 saturated carbocycles. The van der Waals surface area contributed by atoms with E-state index in [2.05, 4.69) is 4.18 Å². The average molecular weight is 297 g/mol. The van der Waals surface area contributed by atoms with Gasteiger partial charge in [-0.3, -0.25) is 8.98 Å². The molecule has 0 saturated heterocycles. The predicted octanol–water partition coefficient (Wildman–Crippen LogP) is 0.127. The maximum absolute atomic E-state index is 11.5. The third-order valence-electron chi connectivity index (χ3n) is 2.27. The lowest BCUT2D eigenvalue weighted by atomic mass is 10.2. The molecule has 0 aliphatic carbocycles. The molecule has 0 fully saturated rings. The molecule has 0 aliphatic heterocycles. The van der Waals surface area contributed by atoms with Crippen molar-refractivity contribution in [2.75, 3.05) is 34.3 Å². The highest BCUT2D eigenvalue weighted by molar-refractivity contribution is 7.80. The van der Waals surface area contributed by atoms with Crippen LogP contribution < -0.4 is 0 Å². The normalized spacial score (nSPS) is 14.5. The fraction of sp³-hybridized carbons (Fsp3) is 0.909. The second kappa shape index (κ2) is 7.18. The van der Waals surface area contributed by atoms with Crippen molar-refractivity contribution in [3.05, 3.63) is 0 Å². The zero-order valence-corrected chi connectivity index (χ0v) is 12.9. The van der Waals surface area contributed by atoms with Gasteiger partial charge in [0.1, 0.15) is 12.7 Å². The SMILES string of the molecule is CC(C)C(=O)OC(CC[N+](C)(C)C)COS(=O)(=O)[O-]. The molecule has 0 N–H and O–H groups in total. The number of nitrogens with zero attached hydrogens (tertiary/aromatic N) is 1. The molecule has 0 rings (SSSR count). The van der Waals surface area contributed by atoms with Gasteiger partial charge < -0.3 is 13.8 Å². The Labute approximate surface area is 115 Å². The number of carbonyl (C=O) groups is 1. The van der Waals surface area contributed by atoms with Crippen molar-refractivity contribution in [1.29, 1.82) is 0 Å². The molecule has 1 atom stereocenters. The lowest BCUT2D eigenvalue weighted by Crippen LogP contribution is -2.39. The van der Waals surface area contributed by atoms with Crippen LogP contribution in [0.1, 0.15) is 20.3 Å². The Bertz CT molecular complexity index is 384. The summed E-state index contributed by atoms with van der Waals surface area (Å²) in [6, 6.07) is 0. The molecular weight excluding hydrogens is 274 g/mol. The first-order chi connectivity index (χ1) is 8.41. The second-order valence-corrected chi connectivity index (χ2v) is 6.76. The fourth-order valence-corrected chi connectivity index (χ4v) is 1.49. The van der Waals surface area contributed by atoms with E-state index in [1.807, 2.05) is 21.1 Å².